The normalized spacial score (nSPS) is 12.0. The van der Waals surface area contributed by atoms with Crippen molar-refractivity contribution >= 4 is 50.7 Å². The Kier molecular flexibility index (Phi) is 10.8. The van der Waals surface area contributed by atoms with Gasteiger partial charge in [0.15, 0.2) is 0 Å². The number of nitrogens with one attached hydrogen (secondary N) is 1. The van der Waals surface area contributed by atoms with Gasteiger partial charge in [0.25, 0.3) is 10.0 Å². The predicted octanol–water partition coefficient (Wildman–Crippen LogP) is 5.83. The fourth-order valence-corrected chi connectivity index (χ4v) is 5.96. The Bertz CT molecular complexity index is 1380. The molecule has 0 fully saturated rings. The van der Waals surface area contributed by atoms with Gasteiger partial charge in [0, 0.05) is 23.1 Å². The molecule has 7 nitrogen and oxygen atoms in total. The summed E-state index contributed by atoms with van der Waals surface area (Å²) in [6.45, 7) is 5.55. The molecule has 0 bridgehead atoms. The van der Waals surface area contributed by atoms with Crippen LogP contribution in [-0.2, 0) is 26.2 Å². The van der Waals surface area contributed by atoms with Crippen LogP contribution in [0.2, 0.25) is 10.0 Å². The number of hydrogen-bond donors (Lipinski definition) is 1. The van der Waals surface area contributed by atoms with Gasteiger partial charge in [-0.3, -0.25) is 13.9 Å². The van der Waals surface area contributed by atoms with Gasteiger partial charge in [-0.15, -0.1) is 0 Å². The highest BCUT2D eigenvalue weighted by molar-refractivity contribution is 7.92. The van der Waals surface area contributed by atoms with E-state index in [0.717, 1.165) is 16.3 Å². The van der Waals surface area contributed by atoms with Crippen molar-refractivity contribution in [3.05, 3.63) is 94.0 Å². The average Bonchev–Trinajstić information content (AvgIpc) is 2.92. The summed E-state index contributed by atoms with van der Waals surface area (Å²) >= 11 is 12.5. The Morgan fingerprint density at radius 1 is 0.949 bits per heavy atom. The number of para-hydroxylation sites is 1. The van der Waals surface area contributed by atoms with Crippen molar-refractivity contribution in [2.24, 2.45) is 0 Å². The molecule has 208 valence electrons. The molecule has 3 aromatic rings. The van der Waals surface area contributed by atoms with Crippen LogP contribution in [0.15, 0.2) is 77.7 Å². The minimum absolute atomic E-state index is 0.0000955. The third-order valence-corrected chi connectivity index (χ3v) is 8.60. The summed E-state index contributed by atoms with van der Waals surface area (Å²) in [6, 6.07) is 19.0. The van der Waals surface area contributed by atoms with Crippen molar-refractivity contribution in [2.45, 2.75) is 51.1 Å². The summed E-state index contributed by atoms with van der Waals surface area (Å²) in [5.41, 5.74) is 1.83. The second kappa shape index (κ2) is 13.8. The molecule has 0 aliphatic carbocycles. The van der Waals surface area contributed by atoms with E-state index in [1.54, 1.807) is 67.6 Å². The van der Waals surface area contributed by atoms with Crippen LogP contribution in [0, 0.1) is 6.92 Å². The Labute approximate surface area is 240 Å². The summed E-state index contributed by atoms with van der Waals surface area (Å²) in [5.74, 6) is -0.857. The van der Waals surface area contributed by atoms with Crippen LogP contribution in [-0.4, -0.2) is 44.3 Å². The van der Waals surface area contributed by atoms with Crippen molar-refractivity contribution in [3.8, 4) is 0 Å². The summed E-state index contributed by atoms with van der Waals surface area (Å²) in [4.78, 5) is 28.6. The van der Waals surface area contributed by atoms with Crippen molar-refractivity contribution in [3.63, 3.8) is 0 Å². The SMILES string of the molecule is CCCNC(=O)[C@@H](CC)N(Cc1ccc(Cl)cc1Cl)C(=O)CN(c1ccccc1)S(=O)(=O)c1ccc(C)cc1. The topological polar surface area (TPSA) is 86.8 Å². The minimum atomic E-state index is -4.11. The van der Waals surface area contributed by atoms with Crippen LogP contribution in [0.3, 0.4) is 0 Å². The number of carbonyl (C=O) groups is 2. The largest absolute Gasteiger partial charge is 0.354 e. The lowest BCUT2D eigenvalue weighted by atomic mass is 10.1. The summed E-state index contributed by atoms with van der Waals surface area (Å²) in [5, 5.41) is 3.64. The highest BCUT2D eigenvalue weighted by Gasteiger charge is 2.33. The molecule has 0 unspecified atom stereocenters. The van der Waals surface area contributed by atoms with Gasteiger partial charge in [0.05, 0.1) is 10.6 Å². The second-order valence-corrected chi connectivity index (χ2v) is 11.8. The molecule has 0 radical (unpaired) electrons. The molecular weight excluding hydrogens is 557 g/mol. The Morgan fingerprint density at radius 2 is 1.62 bits per heavy atom. The number of amides is 2. The number of halogens is 2. The molecular formula is C29H33Cl2N3O4S. The number of benzene rings is 3. The van der Waals surface area contributed by atoms with Crippen LogP contribution >= 0.6 is 23.2 Å². The van der Waals surface area contributed by atoms with Gasteiger partial charge < -0.3 is 10.2 Å². The molecule has 10 heteroatoms. The molecule has 3 rings (SSSR count). The van der Waals surface area contributed by atoms with Crippen LogP contribution in [0.1, 0.15) is 37.8 Å². The molecule has 0 aliphatic heterocycles. The van der Waals surface area contributed by atoms with Gasteiger partial charge in [-0.1, -0.05) is 79.0 Å². The van der Waals surface area contributed by atoms with Gasteiger partial charge in [0.2, 0.25) is 11.8 Å². The van der Waals surface area contributed by atoms with Crippen molar-refractivity contribution in [1.82, 2.24) is 10.2 Å². The van der Waals surface area contributed by atoms with Crippen molar-refractivity contribution in [1.29, 1.82) is 0 Å². The first-order valence-corrected chi connectivity index (χ1v) is 14.9. The fourth-order valence-electron chi connectivity index (χ4n) is 4.08. The van der Waals surface area contributed by atoms with Crippen molar-refractivity contribution in [2.75, 3.05) is 17.4 Å². The molecule has 0 heterocycles. The van der Waals surface area contributed by atoms with Crippen LogP contribution < -0.4 is 9.62 Å². The first-order chi connectivity index (χ1) is 18.6. The quantitative estimate of drug-likeness (QED) is 0.288. The zero-order valence-corrected chi connectivity index (χ0v) is 24.6. The smallest absolute Gasteiger partial charge is 0.264 e. The fraction of sp³-hybridized carbons (Fsp3) is 0.310. The van der Waals surface area contributed by atoms with E-state index < -0.39 is 28.5 Å². The van der Waals surface area contributed by atoms with Crippen molar-refractivity contribution < 1.29 is 18.0 Å². The first kappa shape index (κ1) is 30.5. The Morgan fingerprint density at radius 3 is 2.21 bits per heavy atom. The number of carbonyl (C=O) groups excluding carboxylic acids is 2. The second-order valence-electron chi connectivity index (χ2n) is 9.13. The van der Waals surface area contributed by atoms with Gasteiger partial charge in [-0.05, 0) is 61.7 Å². The Balaban J connectivity index is 2.04. The number of anilines is 1. The monoisotopic (exact) mass is 589 g/mol. The van der Waals surface area contributed by atoms with E-state index in [4.69, 9.17) is 23.2 Å². The highest BCUT2D eigenvalue weighted by atomic mass is 35.5. The predicted molar refractivity (Wildman–Crippen MR) is 157 cm³/mol. The van der Waals surface area contributed by atoms with Gasteiger partial charge in [-0.25, -0.2) is 8.42 Å². The third kappa shape index (κ3) is 7.75. The lowest BCUT2D eigenvalue weighted by Gasteiger charge is -2.33. The van der Waals surface area contributed by atoms with E-state index in [2.05, 4.69) is 5.32 Å². The molecule has 0 aromatic heterocycles. The zero-order chi connectivity index (χ0) is 28.6. The summed E-state index contributed by atoms with van der Waals surface area (Å²) in [7, 11) is -4.11. The van der Waals surface area contributed by atoms with Crippen LogP contribution in [0.5, 0.6) is 0 Å². The van der Waals surface area contributed by atoms with Gasteiger partial charge in [0.1, 0.15) is 12.6 Å². The first-order valence-electron chi connectivity index (χ1n) is 12.7. The maximum atomic E-state index is 14.0. The maximum Gasteiger partial charge on any atom is 0.264 e. The molecule has 39 heavy (non-hydrogen) atoms. The van der Waals surface area contributed by atoms with Gasteiger partial charge in [-0.2, -0.15) is 0 Å². The molecule has 0 saturated heterocycles. The summed E-state index contributed by atoms with van der Waals surface area (Å²) in [6.07, 6.45) is 1.05. The summed E-state index contributed by atoms with van der Waals surface area (Å²) < 4.78 is 28.7. The molecule has 1 N–H and O–H groups in total. The molecule has 0 aliphatic rings. The van der Waals surface area contributed by atoms with E-state index in [-0.39, 0.29) is 17.3 Å². The lowest BCUT2D eigenvalue weighted by Crippen LogP contribution is -2.52. The Hall–Kier alpha value is -3.07. The highest BCUT2D eigenvalue weighted by Crippen LogP contribution is 2.27. The molecule has 2 amide bonds. The molecule has 0 spiro atoms. The lowest BCUT2D eigenvalue weighted by molar-refractivity contribution is -0.140. The number of sulfonamides is 1. The van der Waals surface area contributed by atoms with Crippen LogP contribution in [0.4, 0.5) is 5.69 Å². The maximum absolute atomic E-state index is 14.0. The number of aryl methyl sites for hydroxylation is 1. The molecule has 0 saturated carbocycles. The van der Waals surface area contributed by atoms with E-state index in [0.29, 0.717) is 34.3 Å². The minimum Gasteiger partial charge on any atom is -0.354 e. The third-order valence-electron chi connectivity index (χ3n) is 6.22. The van der Waals surface area contributed by atoms with E-state index in [1.165, 1.54) is 17.0 Å². The van der Waals surface area contributed by atoms with Gasteiger partial charge >= 0.3 is 0 Å². The number of rotatable bonds is 12. The average molecular weight is 591 g/mol. The standard InChI is InChI=1S/C29H33Cl2N3O4S/c1-4-17-32-29(36)27(5-2)33(19-22-13-14-23(30)18-26(22)31)28(35)20-34(24-9-7-6-8-10-24)39(37,38)25-15-11-21(3)12-16-25/h6-16,18,27H,4-5,17,19-20H2,1-3H3,(H,32,36)/t27-/m1/s1. The van der Waals surface area contributed by atoms with E-state index >= 15 is 0 Å². The van der Waals surface area contributed by atoms with E-state index in [9.17, 15) is 18.0 Å². The zero-order valence-electron chi connectivity index (χ0n) is 22.2. The van der Waals surface area contributed by atoms with E-state index in [1.807, 2.05) is 13.8 Å². The number of hydrogen-bond acceptors (Lipinski definition) is 4. The molecule has 3 aromatic carbocycles. The number of nitrogens with zero attached hydrogens (tertiary/aromatic N) is 2. The molecule has 1 atom stereocenters. The van der Waals surface area contributed by atoms with Crippen LogP contribution in [0.25, 0.3) is 0 Å².